The number of ether oxygens (including phenoxy) is 1. The first-order valence-electron chi connectivity index (χ1n) is 11.6. The van der Waals surface area contributed by atoms with Crippen LogP contribution in [0.1, 0.15) is 45.8 Å². The number of nitrogens with one attached hydrogen (secondary N) is 3. The van der Waals surface area contributed by atoms with Gasteiger partial charge in [-0.1, -0.05) is 18.2 Å². The summed E-state index contributed by atoms with van der Waals surface area (Å²) in [4.78, 5) is 50.0. The Morgan fingerprint density at radius 2 is 1.72 bits per heavy atom. The van der Waals surface area contributed by atoms with E-state index in [1.165, 1.54) is 12.7 Å². The Hall–Kier alpha value is -4.39. The molecule has 1 heterocycles. The number of urea groups is 1. The van der Waals surface area contributed by atoms with E-state index in [-0.39, 0.29) is 19.0 Å². The van der Waals surface area contributed by atoms with Gasteiger partial charge in [0.1, 0.15) is 6.54 Å². The van der Waals surface area contributed by atoms with Gasteiger partial charge in [-0.2, -0.15) is 5.26 Å². The maximum atomic E-state index is 13.1. The summed E-state index contributed by atoms with van der Waals surface area (Å²) in [6.07, 6.45) is 1.66. The molecule has 0 unspecified atom stereocenters. The molecule has 0 saturated carbocycles. The number of anilines is 1. The number of nitriles is 1. The minimum Gasteiger partial charge on any atom is -0.468 e. The van der Waals surface area contributed by atoms with Gasteiger partial charge in [0.2, 0.25) is 5.91 Å². The number of benzene rings is 2. The van der Waals surface area contributed by atoms with Crippen molar-refractivity contribution >= 4 is 29.5 Å². The highest BCUT2D eigenvalue weighted by Gasteiger charge is 2.25. The van der Waals surface area contributed by atoms with Gasteiger partial charge in [0, 0.05) is 24.3 Å². The molecular weight excluding hydrogens is 462 g/mol. The van der Waals surface area contributed by atoms with Crippen molar-refractivity contribution in [2.45, 2.75) is 25.7 Å². The molecule has 0 spiro atoms. The van der Waals surface area contributed by atoms with E-state index in [2.05, 4.69) is 26.8 Å². The Kier molecular flexibility index (Phi) is 9.00. The number of amides is 4. The second-order valence-electron chi connectivity index (χ2n) is 8.49. The Labute approximate surface area is 209 Å². The van der Waals surface area contributed by atoms with Crippen molar-refractivity contribution < 1.29 is 23.9 Å². The second kappa shape index (κ2) is 12.4. The van der Waals surface area contributed by atoms with E-state index in [0.717, 1.165) is 18.4 Å². The molecule has 0 aliphatic carbocycles. The number of aryl methyl sites for hydroxylation is 1. The Morgan fingerprint density at radius 1 is 1.03 bits per heavy atom. The van der Waals surface area contributed by atoms with E-state index in [9.17, 15) is 19.2 Å². The van der Waals surface area contributed by atoms with Gasteiger partial charge >= 0.3 is 12.0 Å². The van der Waals surface area contributed by atoms with Gasteiger partial charge in [-0.25, -0.2) is 4.79 Å². The third-order valence-corrected chi connectivity index (χ3v) is 6.09. The molecule has 4 amide bonds. The van der Waals surface area contributed by atoms with Crippen molar-refractivity contribution in [1.82, 2.24) is 15.5 Å². The molecule has 36 heavy (non-hydrogen) atoms. The fourth-order valence-corrected chi connectivity index (χ4v) is 3.95. The fourth-order valence-electron chi connectivity index (χ4n) is 3.95. The zero-order valence-electron chi connectivity index (χ0n) is 20.3. The van der Waals surface area contributed by atoms with Crippen LogP contribution in [0.25, 0.3) is 0 Å². The number of hydrogen-bond acceptors (Lipinski definition) is 6. The molecule has 0 aromatic heterocycles. The number of esters is 1. The van der Waals surface area contributed by atoms with Gasteiger partial charge < -0.3 is 25.6 Å². The molecule has 10 heteroatoms. The number of carbonyl (C=O) groups is 4. The smallest absolute Gasteiger partial charge is 0.325 e. The number of piperidine rings is 1. The standard InChI is InChI=1S/C26H29N5O5/c1-17-3-6-21(13-22(17)30-26(35)29-15-23(32)28-16-24(33)36-2)25(34)31-11-9-20(10-12-31)19-7-4-18(14-27)5-8-19/h3-8,13,20H,9-12,15-16H2,1-2H3,(H,28,32)(H2,29,30,35). The molecule has 10 nitrogen and oxygen atoms in total. The molecule has 0 atom stereocenters. The van der Waals surface area contributed by atoms with Gasteiger partial charge in [-0.3, -0.25) is 14.4 Å². The number of rotatable bonds is 7. The Balaban J connectivity index is 1.53. The Morgan fingerprint density at radius 3 is 2.36 bits per heavy atom. The van der Waals surface area contributed by atoms with Crippen LogP contribution in [0.15, 0.2) is 42.5 Å². The summed E-state index contributed by atoms with van der Waals surface area (Å²) in [5.74, 6) is -0.909. The van der Waals surface area contributed by atoms with E-state index < -0.39 is 17.9 Å². The minimum absolute atomic E-state index is 0.112. The van der Waals surface area contributed by atoms with Crippen LogP contribution >= 0.6 is 0 Å². The van der Waals surface area contributed by atoms with E-state index >= 15 is 0 Å². The van der Waals surface area contributed by atoms with Gasteiger partial charge in [0.15, 0.2) is 0 Å². The van der Waals surface area contributed by atoms with E-state index in [0.29, 0.717) is 35.8 Å². The largest absolute Gasteiger partial charge is 0.468 e. The van der Waals surface area contributed by atoms with Crippen molar-refractivity contribution in [3.8, 4) is 6.07 Å². The number of nitrogens with zero attached hydrogens (tertiary/aromatic N) is 2. The highest BCUT2D eigenvalue weighted by Crippen LogP contribution is 2.29. The van der Waals surface area contributed by atoms with Crippen molar-refractivity contribution in [2.24, 2.45) is 0 Å². The zero-order chi connectivity index (χ0) is 26.1. The average molecular weight is 492 g/mol. The highest BCUT2D eigenvalue weighted by atomic mass is 16.5. The number of carbonyl (C=O) groups excluding carboxylic acids is 4. The van der Waals surface area contributed by atoms with Crippen molar-refractivity contribution in [1.29, 1.82) is 5.26 Å². The van der Waals surface area contributed by atoms with Crippen LogP contribution < -0.4 is 16.0 Å². The minimum atomic E-state index is -0.612. The van der Waals surface area contributed by atoms with Crippen molar-refractivity contribution in [3.63, 3.8) is 0 Å². The Bertz CT molecular complexity index is 1160. The number of methoxy groups -OCH3 is 1. The molecule has 188 valence electrons. The van der Waals surface area contributed by atoms with E-state index in [4.69, 9.17) is 5.26 Å². The molecule has 0 bridgehead atoms. The first-order valence-corrected chi connectivity index (χ1v) is 11.6. The summed E-state index contributed by atoms with van der Waals surface area (Å²) < 4.78 is 4.43. The third-order valence-electron chi connectivity index (χ3n) is 6.09. The highest BCUT2D eigenvalue weighted by molar-refractivity contribution is 5.98. The quantitative estimate of drug-likeness (QED) is 0.508. The van der Waals surface area contributed by atoms with Gasteiger partial charge in [0.05, 0.1) is 25.3 Å². The topological polar surface area (TPSA) is 141 Å². The lowest BCUT2D eigenvalue weighted by Gasteiger charge is -2.32. The molecule has 1 fully saturated rings. The number of hydrogen-bond donors (Lipinski definition) is 3. The third kappa shape index (κ3) is 7.06. The molecule has 1 aliphatic rings. The molecule has 3 N–H and O–H groups in total. The van der Waals surface area contributed by atoms with Crippen molar-refractivity contribution in [2.75, 3.05) is 38.6 Å². The fraction of sp³-hybridized carbons (Fsp3) is 0.346. The normalized spacial score (nSPS) is 13.3. The molecule has 3 rings (SSSR count). The predicted molar refractivity (Wildman–Crippen MR) is 132 cm³/mol. The summed E-state index contributed by atoms with van der Waals surface area (Å²) in [6, 6.07) is 14.2. The van der Waals surface area contributed by atoms with Gasteiger partial charge in [0.25, 0.3) is 5.91 Å². The average Bonchev–Trinajstić information content (AvgIpc) is 2.91. The van der Waals surface area contributed by atoms with Crippen LogP contribution in [0.4, 0.5) is 10.5 Å². The second-order valence-corrected chi connectivity index (χ2v) is 8.49. The first-order chi connectivity index (χ1) is 17.3. The van der Waals surface area contributed by atoms with Gasteiger partial charge in [-0.05, 0) is 61.1 Å². The lowest BCUT2D eigenvalue weighted by atomic mass is 9.89. The summed E-state index contributed by atoms with van der Waals surface area (Å²) in [6.45, 7) is 2.42. The number of likely N-dealkylation sites (tertiary alicyclic amines) is 1. The molecule has 1 aliphatic heterocycles. The SMILES string of the molecule is COC(=O)CNC(=O)CNC(=O)Nc1cc(C(=O)N2CCC(c3ccc(C#N)cc3)CC2)ccc1C. The zero-order valence-corrected chi connectivity index (χ0v) is 20.3. The monoisotopic (exact) mass is 491 g/mol. The van der Waals surface area contributed by atoms with Crippen LogP contribution in [0.3, 0.4) is 0 Å². The lowest BCUT2D eigenvalue weighted by molar-refractivity contribution is -0.141. The molecule has 1 saturated heterocycles. The van der Waals surface area contributed by atoms with Crippen molar-refractivity contribution in [3.05, 3.63) is 64.7 Å². The summed E-state index contributed by atoms with van der Waals surface area (Å²) in [7, 11) is 1.21. The predicted octanol–water partition coefficient (Wildman–Crippen LogP) is 2.30. The lowest BCUT2D eigenvalue weighted by Crippen LogP contribution is -2.41. The van der Waals surface area contributed by atoms with E-state index in [1.807, 2.05) is 24.3 Å². The maximum Gasteiger partial charge on any atom is 0.325 e. The molecular formula is C26H29N5O5. The van der Waals surface area contributed by atoms with Crippen LogP contribution in [-0.2, 0) is 14.3 Å². The van der Waals surface area contributed by atoms with Crippen LogP contribution in [-0.4, -0.2) is 62.0 Å². The maximum absolute atomic E-state index is 13.1. The van der Waals surface area contributed by atoms with Crippen LogP contribution in [0, 0.1) is 18.3 Å². The summed E-state index contributed by atoms with van der Waals surface area (Å²) in [5, 5.41) is 16.4. The van der Waals surface area contributed by atoms with Crippen LogP contribution in [0.2, 0.25) is 0 Å². The van der Waals surface area contributed by atoms with E-state index in [1.54, 1.807) is 30.0 Å². The first kappa shape index (κ1) is 26.2. The summed E-state index contributed by atoms with van der Waals surface area (Å²) in [5.41, 5.74) is 3.49. The van der Waals surface area contributed by atoms with Gasteiger partial charge in [-0.15, -0.1) is 0 Å². The molecule has 0 radical (unpaired) electrons. The molecule has 2 aromatic rings. The van der Waals surface area contributed by atoms with Crippen LogP contribution in [0.5, 0.6) is 0 Å². The summed E-state index contributed by atoms with van der Waals surface area (Å²) >= 11 is 0. The molecule has 2 aromatic carbocycles.